The van der Waals surface area contributed by atoms with Gasteiger partial charge in [0.2, 0.25) is 0 Å². The number of hydrogen-bond acceptors (Lipinski definition) is 1. The highest BCUT2D eigenvalue weighted by Crippen LogP contribution is 2.19. The fraction of sp³-hybridized carbons (Fsp3) is 0.273. The van der Waals surface area contributed by atoms with Crippen LogP contribution in [0.15, 0.2) is 29.3 Å². The molecule has 0 saturated heterocycles. The quantitative estimate of drug-likeness (QED) is 0.755. The van der Waals surface area contributed by atoms with Crippen LogP contribution in [0.1, 0.15) is 12.5 Å². The molecule has 1 aromatic carbocycles. The van der Waals surface area contributed by atoms with E-state index in [-0.39, 0.29) is 6.61 Å². The Morgan fingerprint density at radius 1 is 1.41 bits per heavy atom. The Morgan fingerprint density at radius 2 is 2.06 bits per heavy atom. The van der Waals surface area contributed by atoms with Gasteiger partial charge in [-0.25, -0.2) is 0 Å². The van der Waals surface area contributed by atoms with Gasteiger partial charge in [-0.05, 0) is 31.1 Å². The molecular weight excluding hydrogens is 251 g/mol. The van der Waals surface area contributed by atoms with Crippen LogP contribution in [0.4, 0.5) is 12.9 Å². The first-order valence-corrected chi connectivity index (χ1v) is 5.47. The van der Waals surface area contributed by atoms with Crippen molar-refractivity contribution in [3.63, 3.8) is 0 Å². The maximum Gasteiger partial charge on any atom is 0.509 e. The zero-order valence-electron chi connectivity index (χ0n) is 9.51. The Bertz CT molecular complexity index is 429. The van der Waals surface area contributed by atoms with Gasteiger partial charge in [-0.2, -0.15) is 0 Å². The maximum absolute atomic E-state index is 12.5. The summed E-state index contributed by atoms with van der Waals surface area (Å²) in [6.45, 7) is -1.33. The lowest BCUT2D eigenvalue weighted by molar-refractivity contribution is 0.350. The van der Waals surface area contributed by atoms with Crippen LogP contribution in [0.5, 0.6) is 5.75 Å². The number of aryl methyl sites for hydroxylation is 1. The molecule has 0 aliphatic rings. The van der Waals surface area contributed by atoms with Crippen LogP contribution in [0.2, 0.25) is 0 Å². The van der Waals surface area contributed by atoms with Gasteiger partial charge < -0.3 is 17.7 Å². The minimum atomic E-state index is -4.96. The average Bonchev–Trinajstić information content (AvgIpc) is 2.25. The van der Waals surface area contributed by atoms with Gasteiger partial charge in [0, 0.05) is 5.54 Å². The van der Waals surface area contributed by atoms with Gasteiger partial charge in [0.05, 0.1) is 0 Å². The lowest BCUT2D eigenvalue weighted by Gasteiger charge is -2.17. The Kier molecular flexibility index (Phi) is 4.51. The Morgan fingerprint density at radius 3 is 2.53 bits per heavy atom. The van der Waals surface area contributed by atoms with Gasteiger partial charge in [-0.3, -0.25) is 0 Å². The highest BCUT2D eigenvalue weighted by molar-refractivity contribution is 6.73. The molecule has 1 nitrogen and oxygen atoms in total. The second-order valence-corrected chi connectivity index (χ2v) is 4.06. The molecular formula is C11H12BClF3O-. The maximum atomic E-state index is 12.5. The van der Waals surface area contributed by atoms with Crippen molar-refractivity contribution in [1.82, 2.24) is 0 Å². The van der Waals surface area contributed by atoms with Gasteiger partial charge >= 0.3 is 6.98 Å². The van der Waals surface area contributed by atoms with Crippen LogP contribution in [0.3, 0.4) is 0 Å². The van der Waals surface area contributed by atoms with E-state index >= 15 is 0 Å². The SMILES string of the molecule is C/C(=C/Cl)COc1ccc([B-](F)(F)F)cc1C. The summed E-state index contributed by atoms with van der Waals surface area (Å²) in [6, 6.07) is 3.46. The molecule has 0 aliphatic heterocycles. The van der Waals surface area contributed by atoms with Crippen LogP contribution < -0.4 is 10.2 Å². The van der Waals surface area contributed by atoms with Crippen LogP contribution >= 0.6 is 11.6 Å². The molecule has 94 valence electrons. The van der Waals surface area contributed by atoms with E-state index in [9.17, 15) is 12.9 Å². The van der Waals surface area contributed by atoms with E-state index in [1.165, 1.54) is 11.6 Å². The van der Waals surface area contributed by atoms with Gasteiger partial charge in [0.25, 0.3) is 0 Å². The molecule has 17 heavy (non-hydrogen) atoms. The highest BCUT2D eigenvalue weighted by atomic mass is 35.5. The summed E-state index contributed by atoms with van der Waals surface area (Å²) in [5.41, 5.74) is 2.03. The fourth-order valence-electron chi connectivity index (χ4n) is 1.26. The third-order valence-corrected chi connectivity index (χ3v) is 2.59. The molecule has 0 fully saturated rings. The Hall–Kier alpha value is -1.10. The van der Waals surface area contributed by atoms with E-state index in [0.29, 0.717) is 11.3 Å². The average molecular weight is 263 g/mol. The number of hydrogen-bond donors (Lipinski definition) is 0. The number of ether oxygens (including phenoxy) is 1. The second kappa shape index (κ2) is 5.49. The third-order valence-electron chi connectivity index (χ3n) is 2.22. The van der Waals surface area contributed by atoms with Crippen molar-refractivity contribution in [1.29, 1.82) is 0 Å². The molecule has 6 heteroatoms. The van der Waals surface area contributed by atoms with Crippen LogP contribution in [-0.4, -0.2) is 13.6 Å². The van der Waals surface area contributed by atoms with Crippen molar-refractivity contribution >= 4 is 24.0 Å². The predicted molar refractivity (Wildman–Crippen MR) is 65.0 cm³/mol. The van der Waals surface area contributed by atoms with E-state index in [2.05, 4.69) is 0 Å². The van der Waals surface area contributed by atoms with E-state index in [0.717, 1.165) is 17.7 Å². The third kappa shape index (κ3) is 4.00. The van der Waals surface area contributed by atoms with Gasteiger partial charge in [-0.1, -0.05) is 23.7 Å². The van der Waals surface area contributed by atoms with Crippen molar-refractivity contribution in [2.45, 2.75) is 13.8 Å². The van der Waals surface area contributed by atoms with Crippen molar-refractivity contribution in [3.05, 3.63) is 34.9 Å². The van der Waals surface area contributed by atoms with Crippen LogP contribution in [-0.2, 0) is 0 Å². The summed E-state index contributed by atoms with van der Waals surface area (Å²) in [5, 5.41) is 0. The van der Waals surface area contributed by atoms with Gasteiger partial charge in [0.1, 0.15) is 12.4 Å². The molecule has 0 aromatic heterocycles. The molecule has 0 radical (unpaired) electrons. The summed E-state index contributed by atoms with van der Waals surface area (Å²) in [6.07, 6.45) is 0. The summed E-state index contributed by atoms with van der Waals surface area (Å²) < 4.78 is 42.7. The lowest BCUT2D eigenvalue weighted by atomic mass is 9.79. The summed E-state index contributed by atoms with van der Waals surface area (Å²) in [5.74, 6) is 0.437. The van der Waals surface area contributed by atoms with Gasteiger partial charge in [-0.15, -0.1) is 5.46 Å². The van der Waals surface area contributed by atoms with Crippen molar-refractivity contribution in [2.75, 3.05) is 6.61 Å². The number of benzene rings is 1. The Labute approximate surface area is 103 Å². The van der Waals surface area contributed by atoms with Crippen LogP contribution in [0, 0.1) is 6.92 Å². The molecule has 0 spiro atoms. The molecule has 0 bridgehead atoms. The first kappa shape index (κ1) is 14.0. The number of rotatable bonds is 4. The van der Waals surface area contributed by atoms with Gasteiger partial charge in [0.15, 0.2) is 0 Å². The molecule has 0 N–H and O–H groups in total. The monoisotopic (exact) mass is 263 g/mol. The first-order chi connectivity index (χ1) is 7.84. The molecule has 0 atom stereocenters. The largest absolute Gasteiger partial charge is 0.509 e. The molecule has 1 rings (SSSR count). The Balaban J connectivity index is 2.84. The van der Waals surface area contributed by atoms with E-state index < -0.39 is 12.4 Å². The second-order valence-electron chi connectivity index (χ2n) is 3.84. The molecule has 0 unspecified atom stereocenters. The minimum absolute atomic E-state index is 0.265. The molecule has 0 amide bonds. The van der Waals surface area contributed by atoms with Crippen LogP contribution in [0.25, 0.3) is 0 Å². The zero-order valence-corrected chi connectivity index (χ0v) is 10.3. The summed E-state index contributed by atoms with van der Waals surface area (Å²) in [7, 11) is 0. The molecule has 1 aromatic rings. The molecule has 0 heterocycles. The zero-order chi connectivity index (χ0) is 13.1. The normalized spacial score (nSPS) is 12.7. The fourth-order valence-corrected chi connectivity index (χ4v) is 1.32. The summed E-state index contributed by atoms with van der Waals surface area (Å²) >= 11 is 5.45. The van der Waals surface area contributed by atoms with E-state index in [4.69, 9.17) is 16.3 Å². The standard InChI is InChI=1S/C11H12BClF3O/c1-8(6-13)7-17-11-4-3-10(5-9(11)2)12(14,15)16/h3-6H,7H2,1-2H3/q-1/b8-6-. The number of halogens is 4. The van der Waals surface area contributed by atoms with Crippen molar-refractivity contribution < 1.29 is 17.7 Å². The van der Waals surface area contributed by atoms with E-state index in [1.807, 2.05) is 0 Å². The van der Waals surface area contributed by atoms with E-state index in [1.54, 1.807) is 13.8 Å². The van der Waals surface area contributed by atoms with Crippen molar-refractivity contribution in [3.8, 4) is 5.75 Å². The molecule has 0 aliphatic carbocycles. The highest BCUT2D eigenvalue weighted by Gasteiger charge is 2.25. The minimum Gasteiger partial charge on any atom is -0.489 e. The predicted octanol–water partition coefficient (Wildman–Crippen LogP) is 3.57. The van der Waals surface area contributed by atoms with Crippen molar-refractivity contribution in [2.24, 2.45) is 0 Å². The summed E-state index contributed by atoms with van der Waals surface area (Å²) in [4.78, 5) is 0. The molecule has 0 saturated carbocycles. The first-order valence-electron chi connectivity index (χ1n) is 5.03. The lowest BCUT2D eigenvalue weighted by Crippen LogP contribution is -2.34. The smallest absolute Gasteiger partial charge is 0.489 e. The topological polar surface area (TPSA) is 9.23 Å².